The van der Waals surface area contributed by atoms with Crippen LogP contribution >= 0.6 is 0 Å². The number of aryl methyl sites for hydroxylation is 2. The Morgan fingerprint density at radius 3 is 2.50 bits per heavy atom. The van der Waals surface area contributed by atoms with Gasteiger partial charge in [-0.3, -0.25) is 4.79 Å². The van der Waals surface area contributed by atoms with Gasteiger partial charge in [0.05, 0.1) is 18.0 Å². The van der Waals surface area contributed by atoms with Gasteiger partial charge >= 0.3 is 0 Å². The van der Waals surface area contributed by atoms with E-state index >= 15 is 0 Å². The summed E-state index contributed by atoms with van der Waals surface area (Å²) in [4.78, 5) is 12.5. The van der Waals surface area contributed by atoms with Gasteiger partial charge in [-0.15, -0.1) is 0 Å². The van der Waals surface area contributed by atoms with Gasteiger partial charge in [-0.1, -0.05) is 25.1 Å². The maximum Gasteiger partial charge on any atom is 0.242 e. The van der Waals surface area contributed by atoms with Crippen molar-refractivity contribution in [3.63, 3.8) is 0 Å². The van der Waals surface area contributed by atoms with Crippen LogP contribution in [0.1, 0.15) is 25.0 Å². The molecule has 0 saturated heterocycles. The number of benzene rings is 2. The van der Waals surface area contributed by atoms with Crippen molar-refractivity contribution >= 4 is 21.6 Å². The standard InChI is InChI=1S/C19H24N2O4S/c1-5-15-8-6-7-9-17(15)20-19(22)14(3)21-26(23,24)16-10-11-18(25-4)13(2)12-16/h6-12,14,21H,5H2,1-4H3,(H,20,22). The number of sulfonamides is 1. The van der Waals surface area contributed by atoms with E-state index in [-0.39, 0.29) is 4.90 Å². The van der Waals surface area contributed by atoms with Crippen LogP contribution in [0, 0.1) is 6.92 Å². The normalized spacial score (nSPS) is 12.5. The molecule has 1 amide bonds. The van der Waals surface area contributed by atoms with Gasteiger partial charge in [-0.2, -0.15) is 4.72 Å². The lowest BCUT2D eigenvalue weighted by Crippen LogP contribution is -2.41. The van der Waals surface area contributed by atoms with Crippen LogP contribution in [-0.2, 0) is 21.2 Å². The lowest BCUT2D eigenvalue weighted by molar-refractivity contribution is -0.117. The highest BCUT2D eigenvalue weighted by molar-refractivity contribution is 7.89. The molecule has 0 aliphatic heterocycles. The van der Waals surface area contributed by atoms with Crippen LogP contribution in [0.15, 0.2) is 47.4 Å². The number of hydrogen-bond acceptors (Lipinski definition) is 4. The SMILES string of the molecule is CCc1ccccc1NC(=O)C(C)NS(=O)(=O)c1ccc(OC)c(C)c1. The first-order valence-electron chi connectivity index (χ1n) is 8.34. The molecule has 0 fully saturated rings. The fourth-order valence-electron chi connectivity index (χ4n) is 2.56. The molecule has 2 rings (SSSR count). The van der Waals surface area contributed by atoms with E-state index in [0.29, 0.717) is 17.0 Å². The molecule has 2 N–H and O–H groups in total. The van der Waals surface area contributed by atoms with E-state index in [1.807, 2.05) is 25.1 Å². The molecule has 6 nitrogen and oxygen atoms in total. The van der Waals surface area contributed by atoms with Gasteiger partial charge in [0, 0.05) is 5.69 Å². The van der Waals surface area contributed by atoms with Crippen molar-refractivity contribution in [3.8, 4) is 5.75 Å². The third-order valence-electron chi connectivity index (χ3n) is 4.06. The van der Waals surface area contributed by atoms with Crippen LogP contribution in [0.4, 0.5) is 5.69 Å². The lowest BCUT2D eigenvalue weighted by atomic mass is 10.1. The van der Waals surface area contributed by atoms with Crippen LogP contribution < -0.4 is 14.8 Å². The Bertz CT molecular complexity index is 894. The number of anilines is 1. The minimum Gasteiger partial charge on any atom is -0.496 e. The van der Waals surface area contributed by atoms with E-state index in [1.165, 1.54) is 26.2 Å². The van der Waals surface area contributed by atoms with Crippen molar-refractivity contribution in [3.05, 3.63) is 53.6 Å². The van der Waals surface area contributed by atoms with E-state index < -0.39 is 22.0 Å². The third-order valence-corrected chi connectivity index (χ3v) is 5.60. The third kappa shape index (κ3) is 4.62. The molecule has 0 saturated carbocycles. The average molecular weight is 376 g/mol. The van der Waals surface area contributed by atoms with E-state index in [9.17, 15) is 13.2 Å². The van der Waals surface area contributed by atoms with Crippen molar-refractivity contribution < 1.29 is 17.9 Å². The molecule has 0 aromatic heterocycles. The fraction of sp³-hybridized carbons (Fsp3) is 0.316. The zero-order valence-electron chi connectivity index (χ0n) is 15.4. The number of amides is 1. The Morgan fingerprint density at radius 1 is 1.19 bits per heavy atom. The number of hydrogen-bond donors (Lipinski definition) is 2. The summed E-state index contributed by atoms with van der Waals surface area (Å²) in [5.41, 5.74) is 2.37. The van der Waals surface area contributed by atoms with Gasteiger partial charge in [0.2, 0.25) is 15.9 Å². The second-order valence-corrected chi connectivity index (χ2v) is 7.69. The monoisotopic (exact) mass is 376 g/mol. The minimum atomic E-state index is -3.83. The van der Waals surface area contributed by atoms with Crippen LogP contribution in [0.2, 0.25) is 0 Å². The number of rotatable bonds is 7. The van der Waals surface area contributed by atoms with E-state index in [0.717, 1.165) is 12.0 Å². The molecule has 0 radical (unpaired) electrons. The summed E-state index contributed by atoms with van der Waals surface area (Å²) in [6.45, 7) is 5.26. The number of carbonyl (C=O) groups is 1. The summed E-state index contributed by atoms with van der Waals surface area (Å²) < 4.78 is 32.6. The van der Waals surface area contributed by atoms with Gasteiger partial charge in [0.25, 0.3) is 0 Å². The molecular weight excluding hydrogens is 352 g/mol. The predicted octanol–water partition coefficient (Wildman–Crippen LogP) is 2.87. The summed E-state index contributed by atoms with van der Waals surface area (Å²) in [7, 11) is -2.30. The quantitative estimate of drug-likeness (QED) is 0.778. The van der Waals surface area contributed by atoms with E-state index in [2.05, 4.69) is 10.0 Å². The topological polar surface area (TPSA) is 84.5 Å². The molecule has 140 valence electrons. The molecule has 1 unspecified atom stereocenters. The van der Waals surface area contributed by atoms with Gasteiger partial charge in [0.1, 0.15) is 5.75 Å². The Hall–Kier alpha value is -2.38. The molecule has 2 aromatic carbocycles. The van der Waals surface area contributed by atoms with Crippen molar-refractivity contribution in [1.29, 1.82) is 0 Å². The van der Waals surface area contributed by atoms with Crippen LogP contribution in [0.5, 0.6) is 5.75 Å². The Balaban J connectivity index is 2.13. The van der Waals surface area contributed by atoms with Crippen LogP contribution in [0.25, 0.3) is 0 Å². The maximum absolute atomic E-state index is 12.5. The second-order valence-electron chi connectivity index (χ2n) is 5.97. The lowest BCUT2D eigenvalue weighted by Gasteiger charge is -2.16. The molecule has 26 heavy (non-hydrogen) atoms. The summed E-state index contributed by atoms with van der Waals surface area (Å²) in [5.74, 6) is 0.186. The smallest absolute Gasteiger partial charge is 0.242 e. The highest BCUT2D eigenvalue weighted by Gasteiger charge is 2.23. The molecular formula is C19H24N2O4S. The number of para-hydroxylation sites is 1. The van der Waals surface area contributed by atoms with Crippen molar-refractivity contribution in [2.75, 3.05) is 12.4 Å². The van der Waals surface area contributed by atoms with Crippen molar-refractivity contribution in [1.82, 2.24) is 4.72 Å². The summed E-state index contributed by atoms with van der Waals surface area (Å²) in [5, 5.41) is 2.78. The summed E-state index contributed by atoms with van der Waals surface area (Å²) in [6, 6.07) is 11.1. The highest BCUT2D eigenvalue weighted by atomic mass is 32.2. The molecule has 7 heteroatoms. The fourth-order valence-corrected chi connectivity index (χ4v) is 3.85. The predicted molar refractivity (Wildman–Crippen MR) is 102 cm³/mol. The zero-order chi connectivity index (χ0) is 19.3. The molecule has 1 atom stereocenters. The average Bonchev–Trinajstić information content (AvgIpc) is 2.61. The highest BCUT2D eigenvalue weighted by Crippen LogP contribution is 2.21. The van der Waals surface area contributed by atoms with Crippen LogP contribution in [-0.4, -0.2) is 27.5 Å². The molecule has 2 aromatic rings. The summed E-state index contributed by atoms with van der Waals surface area (Å²) >= 11 is 0. The van der Waals surface area contributed by atoms with Gasteiger partial charge in [-0.25, -0.2) is 8.42 Å². The molecule has 0 aliphatic carbocycles. The first-order chi connectivity index (χ1) is 12.3. The number of methoxy groups -OCH3 is 1. The molecule has 0 aliphatic rings. The first-order valence-corrected chi connectivity index (χ1v) is 9.82. The van der Waals surface area contributed by atoms with Gasteiger partial charge in [-0.05, 0) is 55.7 Å². The Kier molecular flexibility index (Phi) is 6.39. The number of ether oxygens (including phenoxy) is 1. The largest absolute Gasteiger partial charge is 0.496 e. The number of carbonyl (C=O) groups excluding carboxylic acids is 1. The summed E-state index contributed by atoms with van der Waals surface area (Å²) in [6.07, 6.45) is 0.766. The Morgan fingerprint density at radius 2 is 1.88 bits per heavy atom. The van der Waals surface area contributed by atoms with Gasteiger partial charge < -0.3 is 10.1 Å². The zero-order valence-corrected chi connectivity index (χ0v) is 16.2. The molecule has 0 spiro atoms. The van der Waals surface area contributed by atoms with Crippen LogP contribution in [0.3, 0.4) is 0 Å². The first kappa shape index (κ1) is 19.9. The van der Waals surface area contributed by atoms with Crippen molar-refractivity contribution in [2.45, 2.75) is 38.1 Å². The molecule has 0 bridgehead atoms. The van der Waals surface area contributed by atoms with E-state index in [1.54, 1.807) is 19.1 Å². The molecule has 0 heterocycles. The minimum absolute atomic E-state index is 0.0874. The van der Waals surface area contributed by atoms with Crippen molar-refractivity contribution in [2.24, 2.45) is 0 Å². The Labute approximate surface area is 154 Å². The number of nitrogens with one attached hydrogen (secondary N) is 2. The second kappa shape index (κ2) is 8.33. The maximum atomic E-state index is 12.5. The van der Waals surface area contributed by atoms with Gasteiger partial charge in [0.15, 0.2) is 0 Å². The van der Waals surface area contributed by atoms with E-state index in [4.69, 9.17) is 4.74 Å².